The molecule has 0 unspecified atom stereocenters. The minimum Gasteiger partial charge on any atom is -0.333 e. The van der Waals surface area contributed by atoms with Crippen molar-refractivity contribution in [1.29, 1.82) is 0 Å². The fourth-order valence-electron chi connectivity index (χ4n) is 2.35. The third-order valence-corrected chi connectivity index (χ3v) is 4.30. The number of hydrogen-bond acceptors (Lipinski definition) is 5. The van der Waals surface area contributed by atoms with Gasteiger partial charge in [-0.2, -0.15) is 5.10 Å². The molecule has 124 valence electrons. The molecular weight excluding hydrogens is 368 g/mol. The van der Waals surface area contributed by atoms with Gasteiger partial charge in [-0.25, -0.2) is 15.0 Å². The van der Waals surface area contributed by atoms with Crippen molar-refractivity contribution in [2.24, 2.45) is 0 Å². The van der Waals surface area contributed by atoms with Gasteiger partial charge in [0.1, 0.15) is 12.2 Å². The van der Waals surface area contributed by atoms with Gasteiger partial charge in [0.25, 0.3) is 0 Å². The van der Waals surface area contributed by atoms with Crippen LogP contribution in [0, 0.1) is 0 Å². The Kier molecular flexibility index (Phi) is 5.53. The van der Waals surface area contributed by atoms with Gasteiger partial charge in [0.05, 0.1) is 6.54 Å². The van der Waals surface area contributed by atoms with Crippen LogP contribution < -0.4 is 4.90 Å². The summed E-state index contributed by atoms with van der Waals surface area (Å²) in [5.41, 5.74) is 2.40. The normalized spacial score (nSPS) is 10.8. The highest BCUT2D eigenvalue weighted by atomic mass is 79.9. The number of nitrogens with one attached hydrogen (secondary N) is 1. The molecule has 0 aliphatic rings. The molecule has 0 amide bonds. The van der Waals surface area contributed by atoms with Gasteiger partial charge in [-0.1, -0.05) is 35.0 Å². The second-order valence-corrected chi connectivity index (χ2v) is 6.39. The van der Waals surface area contributed by atoms with Gasteiger partial charge in [-0.15, -0.1) is 0 Å². The smallest absolute Gasteiger partial charge is 0.225 e. The van der Waals surface area contributed by atoms with E-state index in [1.165, 1.54) is 11.9 Å². The van der Waals surface area contributed by atoms with Crippen LogP contribution in [-0.2, 0) is 19.4 Å². The number of aryl methyl sites for hydroxylation is 1. The van der Waals surface area contributed by atoms with Gasteiger partial charge in [0.2, 0.25) is 5.95 Å². The summed E-state index contributed by atoms with van der Waals surface area (Å²) in [5.74, 6) is 1.51. The van der Waals surface area contributed by atoms with Crippen molar-refractivity contribution in [3.8, 4) is 0 Å². The van der Waals surface area contributed by atoms with E-state index in [0.29, 0.717) is 12.5 Å². The first-order valence-electron chi connectivity index (χ1n) is 7.89. The van der Waals surface area contributed by atoms with E-state index in [2.05, 4.69) is 77.2 Å². The van der Waals surface area contributed by atoms with E-state index in [4.69, 9.17) is 0 Å². The van der Waals surface area contributed by atoms with Crippen molar-refractivity contribution in [3.63, 3.8) is 0 Å². The molecule has 3 aromatic rings. The molecule has 0 aliphatic carbocycles. The van der Waals surface area contributed by atoms with Crippen LogP contribution in [0.5, 0.6) is 0 Å². The molecule has 0 atom stereocenters. The lowest BCUT2D eigenvalue weighted by Crippen LogP contribution is -2.27. The lowest BCUT2D eigenvalue weighted by molar-refractivity contribution is 0.722. The highest BCUT2D eigenvalue weighted by molar-refractivity contribution is 9.10. The maximum absolute atomic E-state index is 4.50. The Balaban J connectivity index is 1.74. The maximum Gasteiger partial charge on any atom is 0.225 e. The average molecular weight is 387 g/mol. The first kappa shape index (κ1) is 16.6. The number of benzene rings is 1. The van der Waals surface area contributed by atoms with E-state index >= 15 is 0 Å². The molecular formula is C17H19BrN6. The Morgan fingerprint density at radius 3 is 2.42 bits per heavy atom. The molecule has 1 aromatic carbocycles. The monoisotopic (exact) mass is 386 g/mol. The molecule has 1 N–H and O–H groups in total. The van der Waals surface area contributed by atoms with Gasteiger partial charge in [-0.3, -0.25) is 5.10 Å². The molecule has 0 fully saturated rings. The zero-order chi connectivity index (χ0) is 16.8. The summed E-state index contributed by atoms with van der Waals surface area (Å²) in [5, 5.41) is 6.82. The van der Waals surface area contributed by atoms with Gasteiger partial charge in [-0.05, 0) is 36.1 Å². The first-order chi connectivity index (χ1) is 11.7. The minimum absolute atomic E-state index is 0.599. The van der Waals surface area contributed by atoms with E-state index in [0.717, 1.165) is 35.2 Å². The highest BCUT2D eigenvalue weighted by Crippen LogP contribution is 2.14. The fraction of sp³-hybridized carbons (Fsp3) is 0.294. The number of H-pyrrole nitrogens is 1. The quantitative estimate of drug-likeness (QED) is 0.674. The summed E-state index contributed by atoms with van der Waals surface area (Å²) in [6, 6.07) is 8.36. The van der Waals surface area contributed by atoms with Crippen LogP contribution in [0.3, 0.4) is 0 Å². The number of hydrogen-bond donors (Lipinski definition) is 1. The molecule has 2 heterocycles. The van der Waals surface area contributed by atoms with E-state index in [-0.39, 0.29) is 0 Å². The summed E-state index contributed by atoms with van der Waals surface area (Å²) in [4.78, 5) is 15.3. The topological polar surface area (TPSA) is 70.6 Å². The number of aromatic amines is 1. The van der Waals surface area contributed by atoms with Crippen LogP contribution in [0.1, 0.15) is 23.9 Å². The number of anilines is 1. The Bertz CT molecular complexity index is 740. The predicted octanol–water partition coefficient (Wildman–Crippen LogP) is 3.17. The molecule has 3 rings (SSSR count). The first-order valence-corrected chi connectivity index (χ1v) is 8.68. The third-order valence-electron chi connectivity index (χ3n) is 3.77. The van der Waals surface area contributed by atoms with Crippen molar-refractivity contribution in [2.75, 3.05) is 11.4 Å². The van der Waals surface area contributed by atoms with E-state index in [1.807, 2.05) is 12.4 Å². The van der Waals surface area contributed by atoms with Gasteiger partial charge < -0.3 is 4.90 Å². The van der Waals surface area contributed by atoms with Crippen LogP contribution in [0.15, 0.2) is 47.5 Å². The van der Waals surface area contributed by atoms with Gasteiger partial charge >= 0.3 is 0 Å². The molecule has 0 spiro atoms. The Morgan fingerprint density at radius 2 is 1.79 bits per heavy atom. The Labute approximate surface area is 149 Å². The summed E-state index contributed by atoms with van der Waals surface area (Å²) in [6.07, 6.45) is 7.12. The number of nitrogens with zero attached hydrogens (tertiary/aromatic N) is 5. The SMILES string of the molecule is CCc1cnc(N(CCc2ccc(Br)cc2)Cc2ncn[nH]2)nc1. The zero-order valence-corrected chi connectivity index (χ0v) is 15.1. The highest BCUT2D eigenvalue weighted by Gasteiger charge is 2.12. The van der Waals surface area contributed by atoms with Crippen molar-refractivity contribution in [2.45, 2.75) is 26.3 Å². The molecule has 0 aliphatic heterocycles. The summed E-state index contributed by atoms with van der Waals surface area (Å²) in [7, 11) is 0. The standard InChI is InChI=1S/C17H19BrN6/c1-2-13-9-19-17(20-10-13)24(11-16-21-12-22-23-16)8-7-14-3-5-15(18)6-4-14/h3-6,9-10,12H,2,7-8,11H2,1H3,(H,21,22,23). The second-order valence-electron chi connectivity index (χ2n) is 5.48. The van der Waals surface area contributed by atoms with Crippen LogP contribution in [0.4, 0.5) is 5.95 Å². The predicted molar refractivity (Wildman–Crippen MR) is 96.7 cm³/mol. The summed E-state index contributed by atoms with van der Waals surface area (Å²) >= 11 is 3.47. The maximum atomic E-state index is 4.50. The van der Waals surface area contributed by atoms with Crippen LogP contribution >= 0.6 is 15.9 Å². The molecule has 0 saturated carbocycles. The van der Waals surface area contributed by atoms with Crippen LogP contribution in [0.2, 0.25) is 0 Å². The number of aromatic nitrogens is 5. The minimum atomic E-state index is 0.599. The lowest BCUT2D eigenvalue weighted by atomic mass is 10.1. The van der Waals surface area contributed by atoms with E-state index in [9.17, 15) is 0 Å². The van der Waals surface area contributed by atoms with Crippen molar-refractivity contribution in [1.82, 2.24) is 25.1 Å². The molecule has 0 bridgehead atoms. The molecule has 7 heteroatoms. The van der Waals surface area contributed by atoms with Gasteiger partial charge in [0, 0.05) is 23.4 Å². The number of halogens is 1. The van der Waals surface area contributed by atoms with E-state index < -0.39 is 0 Å². The summed E-state index contributed by atoms with van der Waals surface area (Å²) < 4.78 is 1.09. The number of rotatable bonds is 7. The van der Waals surface area contributed by atoms with Crippen LogP contribution in [0.25, 0.3) is 0 Å². The van der Waals surface area contributed by atoms with E-state index in [1.54, 1.807) is 0 Å². The van der Waals surface area contributed by atoms with Gasteiger partial charge in [0.15, 0.2) is 0 Å². The largest absolute Gasteiger partial charge is 0.333 e. The van der Waals surface area contributed by atoms with Crippen molar-refractivity contribution in [3.05, 3.63) is 64.4 Å². The zero-order valence-electron chi connectivity index (χ0n) is 13.5. The third kappa shape index (κ3) is 4.38. The average Bonchev–Trinajstić information content (AvgIpc) is 3.13. The molecule has 6 nitrogen and oxygen atoms in total. The molecule has 2 aromatic heterocycles. The Hall–Kier alpha value is -2.28. The molecule has 0 saturated heterocycles. The fourth-order valence-corrected chi connectivity index (χ4v) is 2.61. The lowest BCUT2D eigenvalue weighted by Gasteiger charge is -2.21. The second kappa shape index (κ2) is 8.01. The van der Waals surface area contributed by atoms with Crippen LogP contribution in [-0.4, -0.2) is 31.7 Å². The molecule has 24 heavy (non-hydrogen) atoms. The van der Waals surface area contributed by atoms with Crippen molar-refractivity contribution < 1.29 is 0 Å². The summed E-state index contributed by atoms with van der Waals surface area (Å²) in [6.45, 7) is 3.49. The molecule has 0 radical (unpaired) electrons. The van der Waals surface area contributed by atoms with Crippen molar-refractivity contribution >= 4 is 21.9 Å². The Morgan fingerprint density at radius 1 is 1.04 bits per heavy atom.